The number of hydrogen-bond donors (Lipinski definition) is 1. The van der Waals surface area contributed by atoms with E-state index in [1.165, 1.54) is 35.2 Å². The maximum Gasteiger partial charge on any atom is 0.253 e. The van der Waals surface area contributed by atoms with E-state index in [0.29, 0.717) is 35.5 Å². The Morgan fingerprint density at radius 1 is 1.06 bits per heavy atom. The largest absolute Gasteiger partial charge is 0.354 e. The van der Waals surface area contributed by atoms with Crippen LogP contribution in [0.5, 0.6) is 0 Å². The lowest BCUT2D eigenvalue weighted by Gasteiger charge is -2.22. The van der Waals surface area contributed by atoms with Gasteiger partial charge in [-0.05, 0) is 48.1 Å². The summed E-state index contributed by atoms with van der Waals surface area (Å²) in [6.07, 6.45) is 1.70. The van der Waals surface area contributed by atoms with Crippen LogP contribution in [0, 0.1) is 5.82 Å². The fraction of sp³-hybridized carbons (Fsp3) is 0.364. The SMILES string of the molecule is CN(C)C(=O)c1ccc(N(CC(=O)NCCCSCc2ccccc2F)S(C)(=O)=O)cc1. The first-order chi connectivity index (χ1) is 15.1. The highest BCUT2D eigenvalue weighted by Gasteiger charge is 2.21. The van der Waals surface area contributed by atoms with Gasteiger partial charge in [0.15, 0.2) is 0 Å². The average Bonchev–Trinajstić information content (AvgIpc) is 2.74. The van der Waals surface area contributed by atoms with Crippen molar-refractivity contribution in [2.24, 2.45) is 0 Å². The third kappa shape index (κ3) is 7.83. The van der Waals surface area contributed by atoms with Gasteiger partial charge in [0.05, 0.1) is 11.9 Å². The van der Waals surface area contributed by atoms with Gasteiger partial charge in [-0.25, -0.2) is 12.8 Å². The zero-order valence-corrected chi connectivity index (χ0v) is 20.0. The van der Waals surface area contributed by atoms with E-state index in [0.717, 1.165) is 16.3 Å². The van der Waals surface area contributed by atoms with Crippen LogP contribution >= 0.6 is 11.8 Å². The van der Waals surface area contributed by atoms with Crippen molar-refractivity contribution >= 4 is 39.3 Å². The van der Waals surface area contributed by atoms with Gasteiger partial charge in [-0.3, -0.25) is 13.9 Å². The quantitative estimate of drug-likeness (QED) is 0.499. The molecule has 0 fully saturated rings. The topological polar surface area (TPSA) is 86.8 Å². The van der Waals surface area contributed by atoms with Crippen LogP contribution in [0.2, 0.25) is 0 Å². The molecule has 0 heterocycles. The van der Waals surface area contributed by atoms with Gasteiger partial charge in [0, 0.05) is 32.0 Å². The van der Waals surface area contributed by atoms with Crippen LogP contribution in [-0.4, -0.2) is 64.3 Å². The minimum atomic E-state index is -3.70. The van der Waals surface area contributed by atoms with E-state index in [4.69, 9.17) is 0 Å². The molecule has 2 aromatic carbocycles. The van der Waals surface area contributed by atoms with Crippen LogP contribution < -0.4 is 9.62 Å². The van der Waals surface area contributed by atoms with Gasteiger partial charge >= 0.3 is 0 Å². The molecule has 0 aliphatic carbocycles. The number of rotatable bonds is 11. The number of amides is 2. The molecule has 10 heteroatoms. The second-order valence-electron chi connectivity index (χ2n) is 7.36. The predicted molar refractivity (Wildman–Crippen MR) is 127 cm³/mol. The fourth-order valence-electron chi connectivity index (χ4n) is 2.81. The van der Waals surface area contributed by atoms with Crippen LogP contribution in [0.4, 0.5) is 10.1 Å². The molecule has 0 atom stereocenters. The molecular weight excluding hydrogens is 453 g/mol. The van der Waals surface area contributed by atoms with Crippen molar-refractivity contribution in [1.29, 1.82) is 0 Å². The molecule has 0 aromatic heterocycles. The molecule has 2 aromatic rings. The maximum absolute atomic E-state index is 13.6. The molecule has 1 N–H and O–H groups in total. The molecule has 32 heavy (non-hydrogen) atoms. The van der Waals surface area contributed by atoms with Crippen LogP contribution in [-0.2, 0) is 20.6 Å². The molecular formula is C22H28FN3O4S2. The highest BCUT2D eigenvalue weighted by Crippen LogP contribution is 2.19. The summed E-state index contributed by atoms with van der Waals surface area (Å²) in [5, 5.41) is 2.72. The smallest absolute Gasteiger partial charge is 0.253 e. The minimum absolute atomic E-state index is 0.201. The molecule has 7 nitrogen and oxygen atoms in total. The summed E-state index contributed by atoms with van der Waals surface area (Å²) in [4.78, 5) is 25.7. The number of hydrogen-bond acceptors (Lipinski definition) is 5. The second-order valence-corrected chi connectivity index (χ2v) is 10.4. The van der Waals surface area contributed by atoms with Gasteiger partial charge in [0.1, 0.15) is 12.4 Å². The molecule has 0 unspecified atom stereocenters. The van der Waals surface area contributed by atoms with Gasteiger partial charge in [-0.15, -0.1) is 0 Å². The van der Waals surface area contributed by atoms with Crippen LogP contribution in [0.15, 0.2) is 48.5 Å². The number of carbonyl (C=O) groups is 2. The summed E-state index contributed by atoms with van der Waals surface area (Å²) >= 11 is 1.56. The molecule has 174 valence electrons. The number of sulfonamides is 1. The van der Waals surface area contributed by atoms with Crippen molar-refractivity contribution < 1.29 is 22.4 Å². The van der Waals surface area contributed by atoms with E-state index < -0.39 is 15.9 Å². The number of benzene rings is 2. The van der Waals surface area contributed by atoms with E-state index in [1.807, 2.05) is 0 Å². The Morgan fingerprint density at radius 3 is 2.31 bits per heavy atom. The lowest BCUT2D eigenvalue weighted by atomic mass is 10.2. The molecule has 0 spiro atoms. The van der Waals surface area contributed by atoms with Gasteiger partial charge in [-0.2, -0.15) is 11.8 Å². The third-order valence-electron chi connectivity index (χ3n) is 4.50. The average molecular weight is 482 g/mol. The van der Waals surface area contributed by atoms with Crippen LogP contribution in [0.3, 0.4) is 0 Å². The highest BCUT2D eigenvalue weighted by atomic mass is 32.2. The zero-order valence-electron chi connectivity index (χ0n) is 18.4. The molecule has 0 radical (unpaired) electrons. The molecule has 0 aliphatic heterocycles. The Hall–Kier alpha value is -2.59. The Morgan fingerprint density at radius 2 is 1.72 bits per heavy atom. The van der Waals surface area contributed by atoms with Crippen LogP contribution in [0.1, 0.15) is 22.3 Å². The summed E-state index contributed by atoms with van der Waals surface area (Å²) in [7, 11) is -0.445. The number of halogens is 1. The normalized spacial score (nSPS) is 11.1. The molecule has 2 rings (SSSR count). The van der Waals surface area contributed by atoms with E-state index >= 15 is 0 Å². The van der Waals surface area contributed by atoms with Gasteiger partial charge in [0.25, 0.3) is 5.91 Å². The van der Waals surface area contributed by atoms with E-state index in [1.54, 1.807) is 44.1 Å². The van der Waals surface area contributed by atoms with Crippen molar-refractivity contribution in [1.82, 2.24) is 10.2 Å². The van der Waals surface area contributed by atoms with Crippen molar-refractivity contribution in [3.8, 4) is 0 Å². The van der Waals surface area contributed by atoms with E-state index in [-0.39, 0.29) is 18.3 Å². The Labute approximate surface area is 193 Å². The number of anilines is 1. The number of carbonyl (C=O) groups excluding carboxylic acids is 2. The minimum Gasteiger partial charge on any atom is -0.354 e. The number of nitrogens with one attached hydrogen (secondary N) is 1. The van der Waals surface area contributed by atoms with Crippen molar-refractivity contribution in [2.75, 3.05) is 43.5 Å². The first-order valence-corrected chi connectivity index (χ1v) is 13.0. The van der Waals surface area contributed by atoms with Crippen molar-refractivity contribution in [3.05, 3.63) is 65.5 Å². The lowest BCUT2D eigenvalue weighted by Crippen LogP contribution is -2.40. The first kappa shape index (κ1) is 25.7. The van der Waals surface area contributed by atoms with E-state index in [2.05, 4.69) is 5.32 Å². The molecule has 0 saturated heterocycles. The third-order valence-corrected chi connectivity index (χ3v) is 6.73. The first-order valence-electron chi connectivity index (χ1n) is 9.97. The summed E-state index contributed by atoms with van der Waals surface area (Å²) in [5.41, 5.74) is 1.37. The molecule has 0 saturated carbocycles. The van der Waals surface area contributed by atoms with Gasteiger partial charge < -0.3 is 10.2 Å². The number of thioether (sulfide) groups is 1. The van der Waals surface area contributed by atoms with Crippen molar-refractivity contribution in [2.45, 2.75) is 12.2 Å². The summed E-state index contributed by atoms with van der Waals surface area (Å²) in [6, 6.07) is 12.7. The Balaban J connectivity index is 1.84. The zero-order chi connectivity index (χ0) is 23.7. The summed E-state index contributed by atoms with van der Waals surface area (Å²) in [5.74, 6) is 0.421. The summed E-state index contributed by atoms with van der Waals surface area (Å²) < 4.78 is 39.0. The fourth-order valence-corrected chi connectivity index (χ4v) is 4.62. The van der Waals surface area contributed by atoms with Crippen LogP contribution in [0.25, 0.3) is 0 Å². The van der Waals surface area contributed by atoms with Gasteiger partial charge in [0.2, 0.25) is 15.9 Å². The van der Waals surface area contributed by atoms with E-state index in [9.17, 15) is 22.4 Å². The maximum atomic E-state index is 13.6. The molecule has 0 aliphatic rings. The monoisotopic (exact) mass is 481 g/mol. The Kier molecular flexibility index (Phi) is 9.52. The highest BCUT2D eigenvalue weighted by molar-refractivity contribution is 7.98. The van der Waals surface area contributed by atoms with Gasteiger partial charge in [-0.1, -0.05) is 18.2 Å². The lowest BCUT2D eigenvalue weighted by molar-refractivity contribution is -0.119. The predicted octanol–water partition coefficient (Wildman–Crippen LogP) is 2.73. The van der Waals surface area contributed by atoms with Crippen molar-refractivity contribution in [3.63, 3.8) is 0 Å². The molecule has 2 amide bonds. The summed E-state index contributed by atoms with van der Waals surface area (Å²) in [6.45, 7) is 0.0269. The second kappa shape index (κ2) is 11.9. The standard InChI is InChI=1S/C22H28FN3O4S2/c1-25(2)22(28)17-9-11-19(12-10-17)26(32(3,29)30)15-21(27)24-13-6-14-31-16-18-7-4-5-8-20(18)23/h4-5,7-12H,6,13-16H2,1-3H3,(H,24,27). The molecule has 0 bridgehead atoms. The Bertz CT molecular complexity index is 1030. The number of nitrogens with zero attached hydrogens (tertiary/aromatic N) is 2.